The zero-order chi connectivity index (χ0) is 29.1. The van der Waals surface area contributed by atoms with Gasteiger partial charge in [-0.3, -0.25) is 9.69 Å². The average Bonchev–Trinajstić information content (AvgIpc) is 3.68. The molecule has 0 N–H and O–H groups in total. The fourth-order valence-corrected chi connectivity index (χ4v) is 10.6. The number of ketones is 1. The van der Waals surface area contributed by atoms with Crippen molar-refractivity contribution < 1.29 is 23.9 Å². The molecule has 6 aliphatic rings. The molecule has 0 bridgehead atoms. The van der Waals surface area contributed by atoms with Gasteiger partial charge in [0.05, 0.1) is 18.7 Å². The van der Waals surface area contributed by atoms with Crippen molar-refractivity contribution in [3.63, 3.8) is 0 Å². The highest BCUT2D eigenvalue weighted by Crippen LogP contribution is 2.66. The molecular weight excluding hydrogens is 528 g/mol. The first-order valence-electron chi connectivity index (χ1n) is 16.7. The molecule has 7 heteroatoms. The minimum absolute atomic E-state index is 0.0860. The van der Waals surface area contributed by atoms with Gasteiger partial charge < -0.3 is 14.4 Å². The molecule has 1 spiro atoms. The van der Waals surface area contributed by atoms with Crippen LogP contribution in [0.2, 0.25) is 0 Å². The van der Waals surface area contributed by atoms with E-state index < -0.39 is 11.7 Å². The molecule has 2 heterocycles. The van der Waals surface area contributed by atoms with Crippen LogP contribution < -0.4 is 0 Å². The van der Waals surface area contributed by atoms with Crippen molar-refractivity contribution in [2.24, 2.45) is 34.5 Å². The highest BCUT2D eigenvalue weighted by atomic mass is 16.6. The standard InChI is InChI=1S/C35H48N2O5/c1-33-16-17-35(20-25(33)10-11-27-28-12-13-30(38)34(28,2)15-14-29(27)33)23-37(32(40)42-35)22-26(21-36-18-6-7-19-36)41-31(39)24-8-4-3-5-9-24/h3-5,8-9,25-29H,6-7,10-23H2,1-2H3/t25-,26?,27-,28-,29-,33-,34-,35+/m0/s1. The predicted octanol–water partition coefficient (Wildman–Crippen LogP) is 6.11. The van der Waals surface area contributed by atoms with Gasteiger partial charge in [-0.25, -0.2) is 9.59 Å². The Balaban J connectivity index is 1.03. The zero-order valence-corrected chi connectivity index (χ0v) is 25.5. The molecule has 2 aliphatic heterocycles. The summed E-state index contributed by atoms with van der Waals surface area (Å²) in [6.07, 6.45) is 11.0. The second-order valence-corrected chi connectivity index (χ2v) is 15.1. The molecule has 1 amide bonds. The summed E-state index contributed by atoms with van der Waals surface area (Å²) in [5.74, 6) is 2.62. The van der Waals surface area contributed by atoms with Crippen molar-refractivity contribution in [1.82, 2.24) is 9.80 Å². The first kappa shape index (κ1) is 28.4. The van der Waals surface area contributed by atoms with Gasteiger partial charge >= 0.3 is 12.1 Å². The first-order valence-corrected chi connectivity index (χ1v) is 16.7. The van der Waals surface area contributed by atoms with E-state index >= 15 is 0 Å². The maximum absolute atomic E-state index is 13.4. The van der Waals surface area contributed by atoms with Crippen LogP contribution in [-0.2, 0) is 14.3 Å². The van der Waals surface area contributed by atoms with Crippen LogP contribution in [0.15, 0.2) is 30.3 Å². The Morgan fingerprint density at radius 3 is 2.55 bits per heavy atom. The largest absolute Gasteiger partial charge is 0.456 e. The molecule has 2 saturated heterocycles. The summed E-state index contributed by atoms with van der Waals surface area (Å²) in [5.41, 5.74) is 0.265. The summed E-state index contributed by atoms with van der Waals surface area (Å²) in [6, 6.07) is 9.13. The number of carbonyl (C=O) groups excluding carboxylic acids is 3. The van der Waals surface area contributed by atoms with Gasteiger partial charge in [0.15, 0.2) is 0 Å². The lowest BCUT2D eigenvalue weighted by Crippen LogP contribution is -2.56. The SMILES string of the molecule is C[C@]12CC[C@@]3(C[C@@H]1CC[C@@H]1[C@@H]2CC[C@]2(C)C(=O)CC[C@@H]12)CN(CC(CN1CCCC1)OC(=O)c1ccccc1)C(=O)O3. The lowest BCUT2D eigenvalue weighted by molar-refractivity contribution is -0.149. The number of benzene rings is 1. The van der Waals surface area contributed by atoms with Crippen molar-refractivity contribution in [2.45, 2.75) is 96.2 Å². The Bertz CT molecular complexity index is 1210. The molecule has 7 rings (SSSR count). The maximum Gasteiger partial charge on any atom is 0.410 e. The number of Topliss-reactive ketones (excluding diaryl/α,β-unsaturated/α-hetero) is 1. The lowest BCUT2D eigenvalue weighted by atomic mass is 9.44. The summed E-state index contributed by atoms with van der Waals surface area (Å²) < 4.78 is 12.3. The van der Waals surface area contributed by atoms with Gasteiger partial charge in [-0.1, -0.05) is 32.0 Å². The molecule has 4 aliphatic carbocycles. The number of esters is 1. The van der Waals surface area contributed by atoms with E-state index in [1.54, 1.807) is 12.1 Å². The number of ether oxygens (including phenoxy) is 2. The number of hydrogen-bond acceptors (Lipinski definition) is 6. The van der Waals surface area contributed by atoms with Crippen LogP contribution in [0, 0.1) is 34.5 Å². The van der Waals surface area contributed by atoms with Gasteiger partial charge in [-0.15, -0.1) is 0 Å². The number of nitrogens with zero attached hydrogens (tertiary/aromatic N) is 2. The Hall–Kier alpha value is -2.41. The molecule has 42 heavy (non-hydrogen) atoms. The van der Waals surface area contributed by atoms with E-state index in [1.165, 1.54) is 19.3 Å². The molecule has 1 unspecified atom stereocenters. The number of fused-ring (bicyclic) bond motifs is 5. The molecule has 0 radical (unpaired) electrons. The monoisotopic (exact) mass is 576 g/mol. The van der Waals surface area contributed by atoms with Crippen LogP contribution in [0.5, 0.6) is 0 Å². The normalized spacial score (nSPS) is 40.4. The van der Waals surface area contributed by atoms with E-state index in [-0.39, 0.29) is 22.9 Å². The smallest absolute Gasteiger partial charge is 0.410 e. The van der Waals surface area contributed by atoms with E-state index in [0.717, 1.165) is 64.5 Å². The Labute approximate surface area is 250 Å². The van der Waals surface area contributed by atoms with Crippen molar-refractivity contribution in [3.05, 3.63) is 35.9 Å². The summed E-state index contributed by atoms with van der Waals surface area (Å²) in [4.78, 5) is 43.3. The van der Waals surface area contributed by atoms with E-state index in [4.69, 9.17) is 9.47 Å². The summed E-state index contributed by atoms with van der Waals surface area (Å²) in [5, 5.41) is 0. The van der Waals surface area contributed by atoms with Gasteiger partial charge in [0.1, 0.15) is 17.5 Å². The molecule has 8 atom stereocenters. The van der Waals surface area contributed by atoms with Crippen LogP contribution in [0.3, 0.4) is 0 Å². The van der Waals surface area contributed by atoms with Crippen molar-refractivity contribution >= 4 is 17.8 Å². The quantitative estimate of drug-likeness (QED) is 0.381. The number of hydrogen-bond donors (Lipinski definition) is 0. The van der Waals surface area contributed by atoms with Crippen LogP contribution in [-0.4, -0.2) is 72.1 Å². The van der Waals surface area contributed by atoms with Crippen molar-refractivity contribution in [3.8, 4) is 0 Å². The zero-order valence-electron chi connectivity index (χ0n) is 25.5. The molecule has 6 fully saturated rings. The molecule has 1 aromatic carbocycles. The highest BCUT2D eigenvalue weighted by Gasteiger charge is 2.63. The van der Waals surface area contributed by atoms with Gasteiger partial charge in [-0.2, -0.15) is 0 Å². The number of likely N-dealkylation sites (tertiary alicyclic amines) is 1. The molecule has 1 aromatic rings. The molecule has 0 aromatic heterocycles. The van der Waals surface area contributed by atoms with Crippen molar-refractivity contribution in [2.75, 3.05) is 32.7 Å². The third kappa shape index (κ3) is 4.78. The molecular formula is C35H48N2O5. The summed E-state index contributed by atoms with van der Waals surface area (Å²) in [7, 11) is 0. The number of rotatable bonds is 6. The highest BCUT2D eigenvalue weighted by molar-refractivity contribution is 5.89. The predicted molar refractivity (Wildman–Crippen MR) is 159 cm³/mol. The molecule has 7 nitrogen and oxygen atoms in total. The maximum atomic E-state index is 13.4. The Morgan fingerprint density at radius 1 is 0.976 bits per heavy atom. The van der Waals surface area contributed by atoms with Gasteiger partial charge in [0.25, 0.3) is 0 Å². The average molecular weight is 577 g/mol. The third-order valence-corrected chi connectivity index (χ3v) is 12.9. The lowest BCUT2D eigenvalue weighted by Gasteiger charge is -2.61. The van der Waals surface area contributed by atoms with Crippen LogP contribution in [0.25, 0.3) is 0 Å². The minimum Gasteiger partial charge on any atom is -0.456 e. The van der Waals surface area contributed by atoms with Crippen molar-refractivity contribution in [1.29, 1.82) is 0 Å². The Morgan fingerprint density at radius 2 is 1.76 bits per heavy atom. The second-order valence-electron chi connectivity index (χ2n) is 15.1. The summed E-state index contributed by atoms with van der Waals surface area (Å²) in [6.45, 7) is 8.38. The number of amides is 1. The fraction of sp³-hybridized carbons (Fsp3) is 0.743. The number of carbonyl (C=O) groups is 3. The molecule has 228 valence electrons. The van der Waals surface area contributed by atoms with Gasteiger partial charge in [-0.05, 0) is 119 Å². The summed E-state index contributed by atoms with van der Waals surface area (Å²) >= 11 is 0. The van der Waals surface area contributed by atoms with E-state index in [2.05, 4.69) is 18.7 Å². The third-order valence-electron chi connectivity index (χ3n) is 12.9. The second kappa shape index (κ2) is 10.6. The van der Waals surface area contributed by atoms with Crippen LogP contribution in [0.1, 0.15) is 94.8 Å². The van der Waals surface area contributed by atoms with Gasteiger partial charge in [0.2, 0.25) is 0 Å². The van der Waals surface area contributed by atoms with Crippen LogP contribution >= 0.6 is 0 Å². The minimum atomic E-state index is -0.442. The fourth-order valence-electron chi connectivity index (χ4n) is 10.6. The van der Waals surface area contributed by atoms with Crippen LogP contribution in [0.4, 0.5) is 4.79 Å². The van der Waals surface area contributed by atoms with E-state index in [9.17, 15) is 14.4 Å². The van der Waals surface area contributed by atoms with E-state index in [1.807, 2.05) is 23.1 Å². The first-order chi connectivity index (χ1) is 20.2. The Kier molecular flexibility index (Phi) is 7.19. The molecule has 4 saturated carbocycles. The van der Waals surface area contributed by atoms with Gasteiger partial charge in [0, 0.05) is 18.4 Å². The topological polar surface area (TPSA) is 76.2 Å². The van der Waals surface area contributed by atoms with E-state index in [0.29, 0.717) is 54.7 Å².